The van der Waals surface area contributed by atoms with Gasteiger partial charge in [-0.1, -0.05) is 12.1 Å². The minimum atomic E-state index is -4.88. The zero-order chi connectivity index (χ0) is 15.0. The Morgan fingerprint density at radius 2 is 1.90 bits per heavy atom. The fourth-order valence-corrected chi connectivity index (χ4v) is 4.47. The molecule has 2 heterocycles. The average Bonchev–Trinajstić information content (AvgIpc) is 2.98. The summed E-state index contributed by atoms with van der Waals surface area (Å²) in [7, 11) is -4.88. The molecule has 108 valence electrons. The topological polar surface area (TPSA) is 63.2 Å². The Morgan fingerprint density at radius 1 is 1.14 bits per heavy atom. The highest BCUT2D eigenvalue weighted by molar-refractivity contribution is 7.86. The fourth-order valence-electron chi connectivity index (χ4n) is 1.84. The minimum absolute atomic E-state index is 0.0678. The maximum Gasteiger partial charge on any atom is 0.334 e. The van der Waals surface area contributed by atoms with Gasteiger partial charge in [0.1, 0.15) is 4.90 Å². The van der Waals surface area contributed by atoms with Crippen molar-refractivity contribution < 1.29 is 17.1 Å². The molecule has 1 aromatic carbocycles. The third kappa shape index (κ3) is 2.82. The number of hydrogen-bond donors (Lipinski definition) is 1. The van der Waals surface area contributed by atoms with Crippen molar-refractivity contribution in [3.05, 3.63) is 46.7 Å². The predicted molar refractivity (Wildman–Crippen MR) is 82.4 cm³/mol. The maximum atomic E-state index is 13.2. The summed E-state index contributed by atoms with van der Waals surface area (Å²) < 4.78 is 37.3. The number of fused-ring (bicyclic) bond motifs is 1. The van der Waals surface area contributed by atoms with E-state index in [4.69, 9.17) is 0 Å². The van der Waals surface area contributed by atoms with Crippen LogP contribution in [0.3, 0.4) is 0 Å². The number of para-hydroxylation sites is 1. The van der Waals surface area contributed by atoms with Crippen LogP contribution in [-0.2, 0) is 10.2 Å². The van der Waals surface area contributed by atoms with Gasteiger partial charge in [-0.2, -0.15) is 8.42 Å². The van der Waals surface area contributed by atoms with Gasteiger partial charge >= 0.3 is 10.2 Å². The Bertz CT molecular complexity index is 898. The molecule has 2 aromatic heterocycles. The van der Waals surface area contributed by atoms with Crippen molar-refractivity contribution in [1.82, 2.24) is 0 Å². The van der Waals surface area contributed by atoms with Gasteiger partial charge < -0.3 is 5.32 Å². The molecular formula is C13H8FNO3S3. The van der Waals surface area contributed by atoms with E-state index < -0.39 is 21.0 Å². The van der Waals surface area contributed by atoms with Gasteiger partial charge in [0.2, 0.25) is 0 Å². The van der Waals surface area contributed by atoms with Crippen LogP contribution in [0.4, 0.5) is 9.57 Å². The number of nitrogens with one attached hydrogen (secondary N) is 1. The third-order valence-corrected chi connectivity index (χ3v) is 5.73. The van der Waals surface area contributed by atoms with Crippen LogP contribution >= 0.6 is 22.7 Å². The monoisotopic (exact) mass is 341 g/mol. The molecule has 0 aliphatic heterocycles. The van der Waals surface area contributed by atoms with Gasteiger partial charge in [-0.25, -0.2) is 0 Å². The number of hydrogen-bond acceptors (Lipinski definition) is 5. The van der Waals surface area contributed by atoms with Crippen molar-refractivity contribution >= 4 is 53.9 Å². The number of carbonyl (C=O) groups is 1. The molecule has 0 unspecified atom stereocenters. The van der Waals surface area contributed by atoms with Gasteiger partial charge in [-0.05, 0) is 29.6 Å². The van der Waals surface area contributed by atoms with E-state index in [0.29, 0.717) is 4.88 Å². The fraction of sp³-hybridized carbons (Fsp3) is 0. The summed E-state index contributed by atoms with van der Waals surface area (Å²) >= 11 is 2.81. The first-order valence-electron chi connectivity index (χ1n) is 5.77. The first-order chi connectivity index (χ1) is 9.95. The van der Waals surface area contributed by atoms with Crippen molar-refractivity contribution in [2.24, 2.45) is 0 Å². The van der Waals surface area contributed by atoms with Crippen LogP contribution in [0, 0.1) is 0 Å². The highest BCUT2D eigenvalue weighted by Gasteiger charge is 2.19. The summed E-state index contributed by atoms with van der Waals surface area (Å²) in [6.07, 6.45) is 0. The van der Waals surface area contributed by atoms with E-state index >= 15 is 0 Å². The average molecular weight is 341 g/mol. The molecule has 21 heavy (non-hydrogen) atoms. The first kappa shape index (κ1) is 14.2. The molecule has 0 aliphatic rings. The molecule has 0 saturated heterocycles. The van der Waals surface area contributed by atoms with Gasteiger partial charge in [-0.3, -0.25) is 4.79 Å². The van der Waals surface area contributed by atoms with E-state index in [0.717, 1.165) is 15.5 Å². The van der Waals surface area contributed by atoms with Crippen molar-refractivity contribution in [3.63, 3.8) is 0 Å². The molecule has 1 N–H and O–H groups in total. The predicted octanol–water partition coefficient (Wildman–Crippen LogP) is 3.87. The highest BCUT2D eigenvalue weighted by Crippen LogP contribution is 2.31. The molecule has 3 rings (SSSR count). The molecule has 3 aromatic rings. The summed E-state index contributed by atoms with van der Waals surface area (Å²) in [5.41, 5.74) is -0.0678. The number of halogens is 1. The summed E-state index contributed by atoms with van der Waals surface area (Å²) in [4.78, 5) is 12.0. The Morgan fingerprint density at radius 3 is 2.62 bits per heavy atom. The molecule has 1 amide bonds. The quantitative estimate of drug-likeness (QED) is 0.736. The zero-order valence-corrected chi connectivity index (χ0v) is 12.8. The standard InChI is InChI=1S/C13H8FNO3S3/c14-21(17,18)12-4-2-1-3-8(12)15-13(16)11-7-10-9(20-11)5-6-19-10/h1-7H,(H,15,16). The number of carbonyl (C=O) groups excluding carboxylic acids is 1. The van der Waals surface area contributed by atoms with Crippen LogP contribution < -0.4 is 5.32 Å². The number of benzene rings is 1. The van der Waals surface area contributed by atoms with E-state index in [1.165, 1.54) is 40.9 Å². The van der Waals surface area contributed by atoms with Gasteiger partial charge in [0.25, 0.3) is 5.91 Å². The van der Waals surface area contributed by atoms with Crippen LogP contribution in [0.2, 0.25) is 0 Å². The zero-order valence-electron chi connectivity index (χ0n) is 10.4. The molecule has 4 nitrogen and oxygen atoms in total. The highest BCUT2D eigenvalue weighted by atomic mass is 32.3. The lowest BCUT2D eigenvalue weighted by Crippen LogP contribution is -2.12. The van der Waals surface area contributed by atoms with Crippen LogP contribution in [0.15, 0.2) is 46.7 Å². The second-order valence-electron chi connectivity index (χ2n) is 4.15. The normalized spacial score (nSPS) is 11.7. The molecule has 8 heteroatoms. The van der Waals surface area contributed by atoms with E-state index in [-0.39, 0.29) is 5.69 Å². The summed E-state index contributed by atoms with van der Waals surface area (Å²) in [6.45, 7) is 0. The lowest BCUT2D eigenvalue weighted by atomic mass is 10.3. The molecule has 0 radical (unpaired) electrons. The number of thiophene rings is 2. The van der Waals surface area contributed by atoms with Crippen LogP contribution in [0.1, 0.15) is 9.67 Å². The van der Waals surface area contributed by atoms with E-state index in [9.17, 15) is 17.1 Å². The van der Waals surface area contributed by atoms with Crippen molar-refractivity contribution in [2.45, 2.75) is 4.90 Å². The van der Waals surface area contributed by atoms with E-state index in [1.807, 2.05) is 11.4 Å². The van der Waals surface area contributed by atoms with Crippen molar-refractivity contribution in [2.75, 3.05) is 5.32 Å². The largest absolute Gasteiger partial charge is 0.334 e. The second kappa shape index (κ2) is 5.21. The minimum Gasteiger partial charge on any atom is -0.320 e. The molecule has 0 spiro atoms. The van der Waals surface area contributed by atoms with Gasteiger partial charge in [-0.15, -0.1) is 26.6 Å². The van der Waals surface area contributed by atoms with Crippen LogP contribution in [0.5, 0.6) is 0 Å². The van der Waals surface area contributed by atoms with Crippen LogP contribution in [0.25, 0.3) is 9.40 Å². The summed E-state index contributed by atoms with van der Waals surface area (Å²) in [5, 5.41) is 4.37. The Balaban J connectivity index is 1.93. The number of amides is 1. The van der Waals surface area contributed by atoms with Crippen molar-refractivity contribution in [3.8, 4) is 0 Å². The molecular weight excluding hydrogens is 333 g/mol. The first-order valence-corrected chi connectivity index (χ1v) is 8.85. The molecule has 0 saturated carbocycles. The molecule has 0 aliphatic carbocycles. The Hall–Kier alpha value is -1.77. The summed E-state index contributed by atoms with van der Waals surface area (Å²) in [5.74, 6) is -0.459. The third-order valence-electron chi connectivity index (χ3n) is 2.76. The van der Waals surface area contributed by atoms with Gasteiger partial charge in [0, 0.05) is 9.40 Å². The smallest absolute Gasteiger partial charge is 0.320 e. The molecule has 0 bridgehead atoms. The van der Waals surface area contributed by atoms with E-state index in [2.05, 4.69) is 5.32 Å². The van der Waals surface area contributed by atoms with Crippen LogP contribution in [-0.4, -0.2) is 14.3 Å². The SMILES string of the molecule is O=C(Nc1ccccc1S(=O)(=O)F)c1cc2sccc2s1. The molecule has 0 atom stereocenters. The lowest BCUT2D eigenvalue weighted by molar-refractivity contribution is 0.103. The summed E-state index contributed by atoms with van der Waals surface area (Å²) in [6, 6.07) is 9.01. The lowest BCUT2D eigenvalue weighted by Gasteiger charge is -2.06. The van der Waals surface area contributed by atoms with Crippen molar-refractivity contribution in [1.29, 1.82) is 0 Å². The maximum absolute atomic E-state index is 13.2. The number of anilines is 1. The van der Waals surface area contributed by atoms with Gasteiger partial charge in [0.05, 0.1) is 10.6 Å². The van der Waals surface area contributed by atoms with Gasteiger partial charge in [0.15, 0.2) is 0 Å². The van der Waals surface area contributed by atoms with E-state index in [1.54, 1.807) is 6.07 Å². The number of rotatable bonds is 3. The Kier molecular flexibility index (Phi) is 3.52. The molecule has 0 fully saturated rings. The Labute approximate surface area is 128 Å². The second-order valence-corrected chi connectivity index (χ2v) is 7.49.